The van der Waals surface area contributed by atoms with Crippen LogP contribution in [0.1, 0.15) is 138 Å². The molecule has 0 unspecified atom stereocenters. The predicted octanol–water partition coefficient (Wildman–Crippen LogP) is 10.4. The highest BCUT2D eigenvalue weighted by atomic mass is 35.5. The molecule has 6 nitrogen and oxygen atoms in total. The predicted molar refractivity (Wildman–Crippen MR) is 203 cm³/mol. The molecule has 1 aromatic carbocycles. The number of carbonyl (C=O) groups is 3. The van der Waals surface area contributed by atoms with Crippen LogP contribution in [-0.4, -0.2) is 29.1 Å². The first-order valence-electron chi connectivity index (χ1n) is 19.8. The molecule has 282 valence electrons. The number of esters is 1. The molecule has 0 spiro atoms. The lowest BCUT2D eigenvalue weighted by Crippen LogP contribution is -2.67. The Morgan fingerprint density at radius 3 is 2.29 bits per heavy atom. The zero-order valence-corrected chi connectivity index (χ0v) is 33.4. The maximum absolute atomic E-state index is 13.8. The Hall–Kier alpha value is -2.34. The average Bonchev–Trinajstić information content (AvgIpc) is 3.41. The Bertz CT molecular complexity index is 1570. The van der Waals surface area contributed by atoms with Crippen molar-refractivity contribution >= 4 is 29.4 Å². The Kier molecular flexibility index (Phi) is 9.94. The topological polar surface area (TPSA) is 92.7 Å². The third-order valence-corrected chi connectivity index (χ3v) is 16.9. The molecule has 0 bridgehead atoms. The van der Waals surface area contributed by atoms with E-state index in [2.05, 4.69) is 53.4 Å². The number of fused-ring (bicyclic) bond motifs is 7. The van der Waals surface area contributed by atoms with E-state index in [4.69, 9.17) is 16.3 Å². The number of allylic oxidation sites excluding steroid dienone is 1. The summed E-state index contributed by atoms with van der Waals surface area (Å²) < 4.78 is 6.18. The van der Waals surface area contributed by atoms with E-state index in [0.29, 0.717) is 47.6 Å². The van der Waals surface area contributed by atoms with Crippen molar-refractivity contribution in [2.24, 2.45) is 62.1 Å². The van der Waals surface area contributed by atoms with Crippen molar-refractivity contribution in [3.05, 3.63) is 47.0 Å². The number of nitrogens with one attached hydrogen (secondary N) is 1. The number of halogens is 1. The van der Waals surface area contributed by atoms with Crippen LogP contribution in [0.5, 0.6) is 0 Å². The number of rotatable bonds is 9. The molecule has 2 N–H and O–H groups in total. The monoisotopic (exact) mass is 721 g/mol. The van der Waals surface area contributed by atoms with Gasteiger partial charge in [0, 0.05) is 23.4 Å². The molecule has 0 heterocycles. The number of carbonyl (C=O) groups excluding carboxylic acids is 2. The van der Waals surface area contributed by atoms with E-state index in [-0.39, 0.29) is 45.5 Å². The largest absolute Gasteiger partial charge is 0.481 e. The van der Waals surface area contributed by atoms with Crippen LogP contribution < -0.4 is 5.32 Å². The molecule has 5 aliphatic rings. The third kappa shape index (κ3) is 6.19. The molecule has 5 aliphatic carbocycles. The molecule has 0 saturated heterocycles. The number of amides is 1. The number of hydrogen-bond donors (Lipinski definition) is 2. The molecule has 5 saturated carbocycles. The highest BCUT2D eigenvalue weighted by molar-refractivity contribution is 6.31. The van der Waals surface area contributed by atoms with Crippen molar-refractivity contribution in [2.75, 3.05) is 0 Å². The van der Waals surface area contributed by atoms with Crippen LogP contribution in [0.15, 0.2) is 36.4 Å². The lowest BCUT2D eigenvalue weighted by Gasteiger charge is -2.73. The van der Waals surface area contributed by atoms with Crippen LogP contribution in [0, 0.1) is 62.1 Å². The van der Waals surface area contributed by atoms with Gasteiger partial charge in [-0.2, -0.15) is 0 Å². The summed E-state index contributed by atoms with van der Waals surface area (Å²) in [5, 5.41) is 13.5. The summed E-state index contributed by atoms with van der Waals surface area (Å²) >= 11 is 6.43. The van der Waals surface area contributed by atoms with Crippen molar-refractivity contribution in [3.63, 3.8) is 0 Å². The normalized spacial score (nSPS) is 39.8. The van der Waals surface area contributed by atoms with Gasteiger partial charge in [-0.3, -0.25) is 14.4 Å². The summed E-state index contributed by atoms with van der Waals surface area (Å²) in [6, 6.07) is 7.76. The first kappa shape index (κ1) is 38.4. The zero-order chi connectivity index (χ0) is 37.4. The van der Waals surface area contributed by atoms with E-state index in [1.54, 1.807) is 13.8 Å². The maximum atomic E-state index is 13.8. The highest BCUT2D eigenvalue weighted by Gasteiger charge is 2.71. The van der Waals surface area contributed by atoms with Crippen LogP contribution >= 0.6 is 11.6 Å². The molecule has 0 aliphatic heterocycles. The standard InChI is InChI=1S/C44H64ClNO5/c1-27(2)29-16-21-44(24-35(47)46-26-28-12-10-11-13-31(28)45)23-22-42(8)30(37(29)44)14-15-33-41(7)19-18-34(51-36(48)25-39(3,4)38(49)50)40(5,6)32(41)17-20-43(33,42)9/h10-13,29-30,32-34,37H,1,14-26H2,2-9H3,(H,46,47)(H,49,50)/t29-,30+,32-,33+,34-,37+,41-,42+,43+,44+/m0/s1. The summed E-state index contributed by atoms with van der Waals surface area (Å²) in [4.78, 5) is 38.6. The first-order chi connectivity index (χ1) is 23.7. The number of hydrogen-bond acceptors (Lipinski definition) is 4. The van der Waals surface area contributed by atoms with Gasteiger partial charge in [0.15, 0.2) is 0 Å². The van der Waals surface area contributed by atoms with Gasteiger partial charge in [-0.1, -0.05) is 76.6 Å². The SMILES string of the molecule is C=C(C)[C@@H]1CC[C@]2(CC(=O)NCc3ccccc3Cl)CC[C@]3(C)[C@H](CC[C@@H]4[C@@]5(C)CC[C@H](OC(=O)CC(C)(C)C(=O)O)C(C)(C)[C@@H]5CC[C@]43C)[C@@H]12. The van der Waals surface area contributed by atoms with Gasteiger partial charge in [0.1, 0.15) is 6.10 Å². The number of ether oxygens (including phenoxy) is 1. The van der Waals surface area contributed by atoms with Crippen LogP contribution in [0.25, 0.3) is 0 Å². The molecule has 51 heavy (non-hydrogen) atoms. The third-order valence-electron chi connectivity index (χ3n) is 16.6. The van der Waals surface area contributed by atoms with E-state index in [0.717, 1.165) is 56.9 Å². The molecule has 5 fully saturated rings. The lowest BCUT2D eigenvalue weighted by molar-refractivity contribution is -0.250. The van der Waals surface area contributed by atoms with E-state index in [1.165, 1.54) is 18.4 Å². The lowest BCUT2D eigenvalue weighted by atomic mass is 9.32. The van der Waals surface area contributed by atoms with Gasteiger partial charge in [0.05, 0.1) is 11.8 Å². The maximum Gasteiger partial charge on any atom is 0.309 e. The molecule has 6 rings (SSSR count). The molecule has 10 atom stereocenters. The summed E-state index contributed by atoms with van der Waals surface area (Å²) in [6.07, 6.45) is 11.2. The smallest absolute Gasteiger partial charge is 0.309 e. The van der Waals surface area contributed by atoms with Gasteiger partial charge in [-0.25, -0.2) is 0 Å². The van der Waals surface area contributed by atoms with Crippen molar-refractivity contribution in [1.29, 1.82) is 0 Å². The second-order valence-corrected chi connectivity index (χ2v) is 20.2. The second kappa shape index (κ2) is 13.2. The fraction of sp³-hybridized carbons (Fsp3) is 0.750. The summed E-state index contributed by atoms with van der Waals surface area (Å²) in [5.41, 5.74) is 1.36. The number of carboxylic acids is 1. The zero-order valence-electron chi connectivity index (χ0n) is 32.6. The van der Waals surface area contributed by atoms with E-state index in [9.17, 15) is 19.5 Å². The summed E-state index contributed by atoms with van der Waals surface area (Å²) in [7, 11) is 0. The minimum Gasteiger partial charge on any atom is -0.481 e. The van der Waals surface area contributed by atoms with Crippen molar-refractivity contribution in [2.45, 2.75) is 145 Å². The molecule has 0 aromatic heterocycles. The van der Waals surface area contributed by atoms with Crippen molar-refractivity contribution in [3.8, 4) is 0 Å². The molecule has 0 radical (unpaired) electrons. The fourth-order valence-electron chi connectivity index (χ4n) is 13.6. The second-order valence-electron chi connectivity index (χ2n) is 19.8. The van der Waals surface area contributed by atoms with E-state index >= 15 is 0 Å². The Balaban J connectivity index is 1.23. The molecular weight excluding hydrogens is 658 g/mol. The Labute approximate surface area is 312 Å². The minimum atomic E-state index is -1.15. The van der Waals surface area contributed by atoms with E-state index < -0.39 is 17.4 Å². The molecule has 1 amide bonds. The van der Waals surface area contributed by atoms with Crippen LogP contribution in [0.4, 0.5) is 0 Å². The van der Waals surface area contributed by atoms with Crippen molar-refractivity contribution < 1.29 is 24.2 Å². The number of aliphatic carboxylic acids is 1. The minimum absolute atomic E-state index is 0.00178. The molecular formula is C44H64ClNO5. The Morgan fingerprint density at radius 1 is 0.922 bits per heavy atom. The summed E-state index contributed by atoms with van der Waals surface area (Å²) in [5.74, 6) is 1.22. The van der Waals surface area contributed by atoms with Crippen LogP contribution in [-0.2, 0) is 25.7 Å². The summed E-state index contributed by atoms with van der Waals surface area (Å²) in [6.45, 7) is 22.8. The fourth-order valence-corrected chi connectivity index (χ4v) is 13.8. The van der Waals surface area contributed by atoms with Crippen molar-refractivity contribution in [1.82, 2.24) is 5.32 Å². The van der Waals surface area contributed by atoms with Gasteiger partial charge >= 0.3 is 11.9 Å². The van der Waals surface area contributed by atoms with Crippen LogP contribution in [0.2, 0.25) is 5.02 Å². The van der Waals surface area contributed by atoms with Gasteiger partial charge in [-0.05, 0) is 148 Å². The van der Waals surface area contributed by atoms with Gasteiger partial charge in [0.2, 0.25) is 5.91 Å². The number of carboxylic acid groups (broad SMARTS) is 1. The highest BCUT2D eigenvalue weighted by Crippen LogP contribution is 2.78. The Morgan fingerprint density at radius 2 is 1.63 bits per heavy atom. The molecule has 1 aromatic rings. The van der Waals surface area contributed by atoms with Gasteiger partial charge in [-0.15, -0.1) is 0 Å². The van der Waals surface area contributed by atoms with Gasteiger partial charge in [0.25, 0.3) is 0 Å². The average molecular weight is 722 g/mol. The van der Waals surface area contributed by atoms with E-state index in [1.807, 2.05) is 24.3 Å². The first-order valence-corrected chi connectivity index (χ1v) is 20.2. The quantitative estimate of drug-likeness (QED) is 0.196. The van der Waals surface area contributed by atoms with Crippen LogP contribution in [0.3, 0.4) is 0 Å². The number of benzene rings is 1. The molecule has 7 heteroatoms. The van der Waals surface area contributed by atoms with Gasteiger partial charge < -0.3 is 15.2 Å².